The molecule has 0 saturated carbocycles. The minimum atomic E-state index is -4.45. The van der Waals surface area contributed by atoms with E-state index in [1.54, 1.807) is 13.0 Å². The molecule has 0 spiro atoms. The zero-order valence-corrected chi connectivity index (χ0v) is 19.1. The van der Waals surface area contributed by atoms with Gasteiger partial charge in [0.15, 0.2) is 11.8 Å². The Kier molecular flexibility index (Phi) is 8.22. The Morgan fingerprint density at radius 1 is 1.32 bits per heavy atom. The maximum atomic E-state index is 13.2. The first-order valence-electron chi connectivity index (χ1n) is 10.4. The van der Waals surface area contributed by atoms with Crippen LogP contribution in [-0.2, 0) is 4.79 Å². The molecule has 0 radical (unpaired) electrons. The fourth-order valence-electron chi connectivity index (χ4n) is 3.10. The summed E-state index contributed by atoms with van der Waals surface area (Å²) in [5.41, 5.74) is 1.65. The lowest BCUT2D eigenvalue weighted by Crippen LogP contribution is -2.24. The lowest BCUT2D eigenvalue weighted by molar-refractivity contribution is -0.153. The molecule has 1 amide bonds. The number of aryl methyl sites for hydroxylation is 1. The third-order valence-corrected chi connectivity index (χ3v) is 5.62. The average molecular weight is 494 g/mol. The molecule has 2 heterocycles. The predicted molar refractivity (Wildman–Crippen MR) is 121 cm³/mol. The van der Waals surface area contributed by atoms with E-state index in [2.05, 4.69) is 15.3 Å². The minimum Gasteiger partial charge on any atom is -0.484 e. The van der Waals surface area contributed by atoms with E-state index < -0.39 is 12.8 Å². The van der Waals surface area contributed by atoms with Crippen LogP contribution in [-0.4, -0.2) is 45.5 Å². The van der Waals surface area contributed by atoms with Crippen LogP contribution < -0.4 is 15.6 Å². The number of alkyl halides is 3. The molecule has 3 rings (SSSR count). The van der Waals surface area contributed by atoms with Crippen LogP contribution in [0.15, 0.2) is 40.3 Å². The molecule has 12 heteroatoms. The van der Waals surface area contributed by atoms with E-state index in [1.165, 1.54) is 40.6 Å². The topological polar surface area (TPSA) is 113 Å². The van der Waals surface area contributed by atoms with Crippen LogP contribution in [0.5, 0.6) is 5.75 Å². The highest BCUT2D eigenvalue weighted by Gasteiger charge is 2.28. The first-order chi connectivity index (χ1) is 16.2. The van der Waals surface area contributed by atoms with Gasteiger partial charge < -0.3 is 15.0 Å². The van der Waals surface area contributed by atoms with E-state index in [0.717, 1.165) is 5.69 Å². The fourth-order valence-corrected chi connectivity index (χ4v) is 4.05. The van der Waals surface area contributed by atoms with Crippen molar-refractivity contribution in [1.29, 1.82) is 5.26 Å². The molecule has 2 N–H and O–H groups in total. The van der Waals surface area contributed by atoms with Crippen molar-refractivity contribution >= 4 is 28.7 Å². The van der Waals surface area contributed by atoms with Crippen molar-refractivity contribution < 1.29 is 22.7 Å². The summed E-state index contributed by atoms with van der Waals surface area (Å²) in [4.78, 5) is 32.6. The number of H-pyrrole nitrogens is 1. The number of thioether (sulfide) groups is 1. The van der Waals surface area contributed by atoms with E-state index in [-0.39, 0.29) is 30.1 Å². The monoisotopic (exact) mass is 493 g/mol. The zero-order chi connectivity index (χ0) is 24.7. The van der Waals surface area contributed by atoms with Gasteiger partial charge in [0, 0.05) is 24.4 Å². The molecule has 3 aromatic rings. The largest absolute Gasteiger partial charge is 0.484 e. The molecule has 0 aliphatic heterocycles. The number of carbonyl (C=O) groups is 1. The summed E-state index contributed by atoms with van der Waals surface area (Å²) in [6, 6.07) is 9.40. The molecule has 34 heavy (non-hydrogen) atoms. The summed E-state index contributed by atoms with van der Waals surface area (Å²) < 4.78 is 43.3. The van der Waals surface area contributed by atoms with Gasteiger partial charge in [-0.2, -0.15) is 18.4 Å². The van der Waals surface area contributed by atoms with Gasteiger partial charge in [-0.05, 0) is 43.7 Å². The number of nitrogens with one attached hydrogen (secondary N) is 2. The third kappa shape index (κ3) is 6.77. The van der Waals surface area contributed by atoms with Gasteiger partial charge in [0.1, 0.15) is 11.3 Å². The molecule has 2 aromatic heterocycles. The number of nitriles is 1. The Balaban J connectivity index is 1.79. The summed E-state index contributed by atoms with van der Waals surface area (Å²) in [6.45, 7) is 0.693. The highest BCUT2D eigenvalue weighted by Crippen LogP contribution is 2.25. The number of ether oxygens (including phenoxy) is 1. The van der Waals surface area contributed by atoms with Crippen molar-refractivity contribution in [3.63, 3.8) is 0 Å². The number of carbonyl (C=O) groups excluding carboxylic acids is 1. The number of aromatic nitrogens is 3. The van der Waals surface area contributed by atoms with E-state index in [0.29, 0.717) is 40.6 Å². The number of amides is 1. The van der Waals surface area contributed by atoms with Crippen LogP contribution in [0.4, 0.5) is 13.2 Å². The zero-order valence-electron chi connectivity index (χ0n) is 18.2. The van der Waals surface area contributed by atoms with Gasteiger partial charge in [0.05, 0.1) is 23.7 Å². The normalized spacial score (nSPS) is 11.4. The highest BCUT2D eigenvalue weighted by molar-refractivity contribution is 7.99. The van der Waals surface area contributed by atoms with Crippen LogP contribution in [0.2, 0.25) is 0 Å². The Labute approximate surface area is 197 Å². The van der Waals surface area contributed by atoms with Gasteiger partial charge in [-0.15, -0.1) is 0 Å². The van der Waals surface area contributed by atoms with Crippen LogP contribution >= 0.6 is 11.8 Å². The number of fused-ring (bicyclic) bond motifs is 1. The Bertz CT molecular complexity index is 1250. The van der Waals surface area contributed by atoms with E-state index in [4.69, 9.17) is 10.00 Å². The number of hydrogen-bond donors (Lipinski definition) is 2. The lowest BCUT2D eigenvalue weighted by atomic mass is 10.3. The Morgan fingerprint density at radius 2 is 2.06 bits per heavy atom. The van der Waals surface area contributed by atoms with E-state index >= 15 is 0 Å². The van der Waals surface area contributed by atoms with Crippen molar-refractivity contribution in [2.45, 2.75) is 37.5 Å². The number of hydrogen-bond acceptors (Lipinski definition) is 6. The Morgan fingerprint density at radius 3 is 2.74 bits per heavy atom. The number of aromatic amines is 1. The Hall–Kier alpha value is -3.46. The number of nitrogens with zero attached hydrogens (tertiary/aromatic N) is 3. The molecule has 0 bridgehead atoms. The second-order valence-corrected chi connectivity index (χ2v) is 8.42. The SMILES string of the molecule is Cc1cc2nc(SCCCC(=O)NCCC#N)n(-c3ccc(OCC(F)(F)F)cc3)c(=O)c2[nH]1. The molecule has 0 unspecified atom stereocenters. The smallest absolute Gasteiger partial charge is 0.422 e. The van der Waals surface area contributed by atoms with Gasteiger partial charge in [-0.1, -0.05) is 11.8 Å². The van der Waals surface area contributed by atoms with Crippen molar-refractivity contribution in [3.05, 3.63) is 46.4 Å². The van der Waals surface area contributed by atoms with Gasteiger partial charge in [-0.25, -0.2) is 4.98 Å². The van der Waals surface area contributed by atoms with Crippen molar-refractivity contribution in [2.75, 3.05) is 18.9 Å². The molecule has 180 valence electrons. The van der Waals surface area contributed by atoms with Crippen LogP contribution in [0.3, 0.4) is 0 Å². The number of rotatable bonds is 10. The second kappa shape index (κ2) is 11.1. The first-order valence-corrected chi connectivity index (χ1v) is 11.4. The molecule has 0 fully saturated rings. The quantitative estimate of drug-likeness (QED) is 0.252. The molecular formula is C22H22F3N5O3S. The highest BCUT2D eigenvalue weighted by atomic mass is 32.2. The van der Waals surface area contributed by atoms with Gasteiger partial charge in [0.25, 0.3) is 5.56 Å². The lowest BCUT2D eigenvalue weighted by Gasteiger charge is -2.13. The van der Waals surface area contributed by atoms with E-state index in [9.17, 15) is 22.8 Å². The molecular weight excluding hydrogens is 471 g/mol. The molecule has 1 aromatic carbocycles. The summed E-state index contributed by atoms with van der Waals surface area (Å²) in [7, 11) is 0. The van der Waals surface area contributed by atoms with Crippen molar-refractivity contribution in [2.24, 2.45) is 0 Å². The summed E-state index contributed by atoms with van der Waals surface area (Å²) in [6.07, 6.45) is -3.42. The molecule has 0 aliphatic rings. The van der Waals surface area contributed by atoms with Crippen molar-refractivity contribution in [1.82, 2.24) is 19.9 Å². The van der Waals surface area contributed by atoms with Crippen LogP contribution in [0, 0.1) is 18.3 Å². The molecule has 0 atom stereocenters. The number of benzene rings is 1. The average Bonchev–Trinajstić information content (AvgIpc) is 3.16. The van der Waals surface area contributed by atoms with Gasteiger partial charge in [0.2, 0.25) is 5.91 Å². The molecule has 0 saturated heterocycles. The van der Waals surface area contributed by atoms with Crippen molar-refractivity contribution in [3.8, 4) is 17.5 Å². The second-order valence-electron chi connectivity index (χ2n) is 7.36. The standard InChI is InChI=1S/C22H22F3N5O3S/c1-14-12-17-19(28-14)20(32)30(15-5-7-16(8-6-15)33-13-22(23,24)25)21(29-17)34-11-2-4-18(31)27-10-3-9-26/h5-8,12,28H,2-4,10-11,13H2,1H3,(H,27,31). The maximum absolute atomic E-state index is 13.2. The molecule has 0 aliphatic carbocycles. The maximum Gasteiger partial charge on any atom is 0.422 e. The third-order valence-electron chi connectivity index (χ3n) is 4.59. The fraction of sp³-hybridized carbons (Fsp3) is 0.364. The van der Waals surface area contributed by atoms with E-state index in [1.807, 2.05) is 6.07 Å². The van der Waals surface area contributed by atoms with Gasteiger partial charge in [-0.3, -0.25) is 14.2 Å². The predicted octanol–water partition coefficient (Wildman–Crippen LogP) is 3.87. The minimum absolute atomic E-state index is 0.0236. The first kappa shape index (κ1) is 25.2. The summed E-state index contributed by atoms with van der Waals surface area (Å²) in [5.74, 6) is 0.364. The number of halogens is 3. The summed E-state index contributed by atoms with van der Waals surface area (Å²) >= 11 is 1.29. The molecule has 8 nitrogen and oxygen atoms in total. The van der Waals surface area contributed by atoms with Gasteiger partial charge >= 0.3 is 6.18 Å². The van der Waals surface area contributed by atoms with Crippen LogP contribution in [0.1, 0.15) is 25.0 Å². The van der Waals surface area contributed by atoms with Crippen LogP contribution in [0.25, 0.3) is 16.7 Å². The summed E-state index contributed by atoms with van der Waals surface area (Å²) in [5, 5.41) is 11.6.